The van der Waals surface area contributed by atoms with Gasteiger partial charge < -0.3 is 4.98 Å². The van der Waals surface area contributed by atoms with Gasteiger partial charge in [-0.2, -0.15) is 0 Å². The van der Waals surface area contributed by atoms with Crippen molar-refractivity contribution in [3.05, 3.63) is 58.1 Å². The Kier molecular flexibility index (Phi) is 3.26. The van der Waals surface area contributed by atoms with Gasteiger partial charge >= 0.3 is 0 Å². The zero-order valence-corrected chi connectivity index (χ0v) is 11.8. The molecule has 0 spiro atoms. The Hall–Kier alpha value is -2.20. The molecule has 2 nitrogen and oxygen atoms in total. The number of hydrogen-bond donors (Lipinski definition) is 1. The number of nitrogens with one attached hydrogen (secondary N) is 1. The zero-order valence-electron chi connectivity index (χ0n) is 11.0. The van der Waals surface area contributed by atoms with Gasteiger partial charge in [-0.05, 0) is 42.8 Å². The van der Waals surface area contributed by atoms with Gasteiger partial charge in [-0.25, -0.2) is 8.78 Å². The van der Waals surface area contributed by atoms with E-state index in [1.54, 1.807) is 12.1 Å². The fourth-order valence-corrected chi connectivity index (χ4v) is 2.72. The van der Waals surface area contributed by atoms with E-state index in [0.717, 1.165) is 23.2 Å². The van der Waals surface area contributed by atoms with E-state index in [9.17, 15) is 13.6 Å². The molecule has 2 aromatic carbocycles. The van der Waals surface area contributed by atoms with E-state index in [1.807, 2.05) is 6.92 Å². The van der Waals surface area contributed by atoms with E-state index in [4.69, 9.17) is 11.6 Å². The van der Waals surface area contributed by atoms with Crippen molar-refractivity contribution in [3.63, 3.8) is 0 Å². The average Bonchev–Trinajstić information content (AvgIpc) is 2.80. The number of hydrogen-bond acceptors (Lipinski definition) is 1. The van der Waals surface area contributed by atoms with Gasteiger partial charge in [0, 0.05) is 27.1 Å². The number of rotatable bonds is 2. The van der Waals surface area contributed by atoms with Crippen LogP contribution >= 0.6 is 11.6 Å². The Morgan fingerprint density at radius 3 is 2.57 bits per heavy atom. The minimum absolute atomic E-state index is 0.376. The molecule has 3 rings (SSSR count). The van der Waals surface area contributed by atoms with E-state index in [2.05, 4.69) is 4.98 Å². The highest BCUT2D eigenvalue weighted by atomic mass is 35.5. The second-order valence-corrected chi connectivity index (χ2v) is 5.24. The predicted octanol–water partition coefficient (Wildman–Crippen LogP) is 4.89. The molecule has 1 aromatic heterocycles. The van der Waals surface area contributed by atoms with Crippen LogP contribution in [0.2, 0.25) is 5.02 Å². The maximum Gasteiger partial charge on any atom is 0.159 e. The largest absolute Gasteiger partial charge is 0.354 e. The third kappa shape index (κ3) is 2.21. The predicted molar refractivity (Wildman–Crippen MR) is 78.8 cm³/mol. The smallest absolute Gasteiger partial charge is 0.159 e. The summed E-state index contributed by atoms with van der Waals surface area (Å²) >= 11 is 6.01. The summed E-state index contributed by atoms with van der Waals surface area (Å²) in [5, 5.41) is 1.17. The van der Waals surface area contributed by atoms with Crippen molar-refractivity contribution in [2.45, 2.75) is 6.92 Å². The van der Waals surface area contributed by atoms with Crippen molar-refractivity contribution < 1.29 is 13.6 Å². The number of aromatic amines is 1. The van der Waals surface area contributed by atoms with Crippen molar-refractivity contribution in [2.24, 2.45) is 0 Å². The van der Waals surface area contributed by atoms with Crippen LogP contribution in [0.25, 0.3) is 22.2 Å². The van der Waals surface area contributed by atoms with Crippen molar-refractivity contribution in [2.75, 3.05) is 0 Å². The molecule has 0 saturated heterocycles. The van der Waals surface area contributed by atoms with Gasteiger partial charge in [-0.1, -0.05) is 11.6 Å². The molecule has 1 N–H and O–H groups in total. The molecule has 0 aliphatic carbocycles. The third-order valence-electron chi connectivity index (χ3n) is 3.44. The molecule has 0 unspecified atom stereocenters. The van der Waals surface area contributed by atoms with Gasteiger partial charge in [0.05, 0.1) is 5.69 Å². The molecular weight excluding hydrogens is 296 g/mol. The molecule has 0 saturated carbocycles. The van der Waals surface area contributed by atoms with E-state index in [-0.39, 0.29) is 0 Å². The average molecular weight is 306 g/mol. The molecule has 0 radical (unpaired) electrons. The number of benzene rings is 2. The number of carbonyl (C=O) groups excluding carboxylic acids is 1. The monoisotopic (exact) mass is 305 g/mol. The van der Waals surface area contributed by atoms with Crippen LogP contribution in [0.5, 0.6) is 0 Å². The summed E-state index contributed by atoms with van der Waals surface area (Å²) in [4.78, 5) is 14.5. The topological polar surface area (TPSA) is 32.9 Å². The van der Waals surface area contributed by atoms with Crippen LogP contribution in [0.4, 0.5) is 8.78 Å². The molecule has 0 atom stereocenters. The molecule has 5 heteroatoms. The number of aromatic nitrogens is 1. The number of halogens is 3. The SMILES string of the molecule is Cc1cc(Cl)cc2c(C=O)c(-c3ccc(F)c(F)c3)[nH]c12. The summed E-state index contributed by atoms with van der Waals surface area (Å²) in [6.07, 6.45) is 0.686. The van der Waals surface area contributed by atoms with Gasteiger partial charge in [0.15, 0.2) is 17.9 Å². The summed E-state index contributed by atoms with van der Waals surface area (Å²) in [5.41, 5.74) is 2.85. The molecule has 106 valence electrons. The molecule has 3 aromatic rings. The van der Waals surface area contributed by atoms with E-state index >= 15 is 0 Å². The summed E-state index contributed by atoms with van der Waals surface area (Å²) < 4.78 is 26.4. The molecule has 0 aliphatic rings. The number of carbonyl (C=O) groups is 1. The molecule has 21 heavy (non-hydrogen) atoms. The first kappa shape index (κ1) is 13.8. The first-order chi connectivity index (χ1) is 10.0. The number of fused-ring (bicyclic) bond motifs is 1. The molecule has 0 aliphatic heterocycles. The fraction of sp³-hybridized carbons (Fsp3) is 0.0625. The van der Waals surface area contributed by atoms with Gasteiger partial charge in [-0.3, -0.25) is 4.79 Å². The summed E-state index contributed by atoms with van der Waals surface area (Å²) in [6, 6.07) is 6.96. The Morgan fingerprint density at radius 2 is 1.90 bits per heavy atom. The Morgan fingerprint density at radius 1 is 1.14 bits per heavy atom. The van der Waals surface area contributed by atoms with Crippen LogP contribution in [-0.2, 0) is 0 Å². The highest BCUT2D eigenvalue weighted by Crippen LogP contribution is 2.33. The van der Waals surface area contributed by atoms with Crippen LogP contribution < -0.4 is 0 Å². The van der Waals surface area contributed by atoms with Crippen molar-refractivity contribution in [3.8, 4) is 11.3 Å². The first-order valence-electron chi connectivity index (χ1n) is 6.23. The quantitative estimate of drug-likeness (QED) is 0.672. The molecule has 0 amide bonds. The zero-order chi connectivity index (χ0) is 15.1. The Bertz CT molecular complexity index is 870. The standard InChI is InChI=1S/C16H10ClF2NO/c1-8-4-10(17)6-11-12(7-21)16(20-15(8)11)9-2-3-13(18)14(19)5-9/h2-7,20H,1H3. The molecular formula is C16H10ClF2NO. The molecule has 0 bridgehead atoms. The van der Waals surface area contributed by atoms with Crippen LogP contribution in [-0.4, -0.2) is 11.3 Å². The number of H-pyrrole nitrogens is 1. The van der Waals surface area contributed by atoms with Crippen molar-refractivity contribution >= 4 is 28.8 Å². The lowest BCUT2D eigenvalue weighted by molar-refractivity contribution is 0.112. The highest BCUT2D eigenvalue weighted by molar-refractivity contribution is 6.31. The van der Waals surface area contributed by atoms with Crippen LogP contribution in [0.1, 0.15) is 15.9 Å². The summed E-state index contributed by atoms with van der Waals surface area (Å²) in [6.45, 7) is 1.86. The lowest BCUT2D eigenvalue weighted by Crippen LogP contribution is -1.88. The van der Waals surface area contributed by atoms with Crippen LogP contribution in [0, 0.1) is 18.6 Å². The Labute approximate surface area is 124 Å². The first-order valence-corrected chi connectivity index (χ1v) is 6.61. The van der Waals surface area contributed by atoms with Gasteiger partial charge in [0.2, 0.25) is 0 Å². The summed E-state index contributed by atoms with van der Waals surface area (Å²) in [5.74, 6) is -1.89. The second-order valence-electron chi connectivity index (χ2n) is 4.81. The van der Waals surface area contributed by atoms with Gasteiger partial charge in [0.25, 0.3) is 0 Å². The minimum atomic E-state index is -0.960. The third-order valence-corrected chi connectivity index (χ3v) is 3.65. The normalized spacial score (nSPS) is 11.0. The van der Waals surface area contributed by atoms with Gasteiger partial charge in [-0.15, -0.1) is 0 Å². The number of aldehydes is 1. The molecule has 1 heterocycles. The lowest BCUT2D eigenvalue weighted by atomic mass is 10.1. The molecule has 0 fully saturated rings. The van der Waals surface area contributed by atoms with Crippen LogP contribution in [0.15, 0.2) is 30.3 Å². The fourth-order valence-electron chi connectivity index (χ4n) is 2.45. The Balaban J connectivity index is 2.34. The van der Waals surface area contributed by atoms with Gasteiger partial charge in [0.1, 0.15) is 0 Å². The minimum Gasteiger partial charge on any atom is -0.354 e. The highest BCUT2D eigenvalue weighted by Gasteiger charge is 2.16. The van der Waals surface area contributed by atoms with Crippen LogP contribution in [0.3, 0.4) is 0 Å². The maximum atomic E-state index is 13.4. The lowest BCUT2D eigenvalue weighted by Gasteiger charge is -2.01. The second kappa shape index (κ2) is 4.97. The van der Waals surface area contributed by atoms with E-state index < -0.39 is 11.6 Å². The van der Waals surface area contributed by atoms with Crippen molar-refractivity contribution in [1.82, 2.24) is 4.98 Å². The maximum absolute atomic E-state index is 13.4. The van der Waals surface area contributed by atoms with E-state index in [0.29, 0.717) is 33.5 Å². The summed E-state index contributed by atoms with van der Waals surface area (Å²) in [7, 11) is 0. The van der Waals surface area contributed by atoms with E-state index in [1.165, 1.54) is 6.07 Å². The van der Waals surface area contributed by atoms with Crippen molar-refractivity contribution in [1.29, 1.82) is 0 Å². The number of aryl methyl sites for hydroxylation is 1.